The van der Waals surface area contributed by atoms with E-state index in [1.165, 1.54) is 6.42 Å². The van der Waals surface area contributed by atoms with Crippen LogP contribution in [0.15, 0.2) is 0 Å². The number of ether oxygens (including phenoxy) is 1. The molecular weight excluding hydrogens is 212 g/mol. The van der Waals surface area contributed by atoms with Gasteiger partial charge in [0.15, 0.2) is 0 Å². The molecule has 0 radical (unpaired) electrons. The summed E-state index contributed by atoms with van der Waals surface area (Å²) in [6, 6.07) is 0.635. The standard InChI is InChI=1S/C14H30N2O/c1-12(2)16-8-9-17-13(11-16)10-15-7-6-14(3,4)5/h12-13,15H,6-11H2,1-5H3. The lowest BCUT2D eigenvalue weighted by atomic mass is 9.92. The molecule has 0 aromatic rings. The Balaban J connectivity index is 2.15. The molecule has 0 saturated carbocycles. The average Bonchev–Trinajstić information content (AvgIpc) is 2.23. The Bertz CT molecular complexity index is 211. The normalized spacial score (nSPS) is 23.3. The van der Waals surface area contributed by atoms with Crippen molar-refractivity contribution < 1.29 is 4.74 Å². The van der Waals surface area contributed by atoms with Gasteiger partial charge in [0.05, 0.1) is 12.7 Å². The highest BCUT2D eigenvalue weighted by Gasteiger charge is 2.21. The van der Waals surface area contributed by atoms with Gasteiger partial charge in [-0.3, -0.25) is 4.90 Å². The van der Waals surface area contributed by atoms with E-state index < -0.39 is 0 Å². The van der Waals surface area contributed by atoms with Gasteiger partial charge in [-0.25, -0.2) is 0 Å². The number of hydrogen-bond donors (Lipinski definition) is 1. The molecule has 1 heterocycles. The fourth-order valence-electron chi connectivity index (χ4n) is 2.06. The number of morpholine rings is 1. The number of hydrogen-bond acceptors (Lipinski definition) is 3. The molecule has 1 atom stereocenters. The molecule has 1 saturated heterocycles. The van der Waals surface area contributed by atoms with E-state index in [1.54, 1.807) is 0 Å². The molecule has 1 fully saturated rings. The molecule has 0 aliphatic carbocycles. The van der Waals surface area contributed by atoms with Crippen molar-refractivity contribution in [3.8, 4) is 0 Å². The topological polar surface area (TPSA) is 24.5 Å². The Hall–Kier alpha value is -0.120. The van der Waals surface area contributed by atoms with Crippen molar-refractivity contribution in [2.75, 3.05) is 32.8 Å². The zero-order valence-corrected chi connectivity index (χ0v) is 12.3. The molecule has 0 amide bonds. The van der Waals surface area contributed by atoms with Gasteiger partial charge in [-0.15, -0.1) is 0 Å². The molecule has 3 nitrogen and oxygen atoms in total. The highest BCUT2D eigenvalue weighted by Crippen LogP contribution is 2.17. The van der Waals surface area contributed by atoms with Crippen LogP contribution in [0.1, 0.15) is 41.0 Å². The van der Waals surface area contributed by atoms with Crippen molar-refractivity contribution in [2.24, 2.45) is 5.41 Å². The Morgan fingerprint density at radius 3 is 2.65 bits per heavy atom. The Morgan fingerprint density at radius 2 is 2.06 bits per heavy atom. The fourth-order valence-corrected chi connectivity index (χ4v) is 2.06. The second-order valence-electron chi connectivity index (χ2n) is 6.60. The molecule has 0 spiro atoms. The van der Waals surface area contributed by atoms with E-state index in [2.05, 4.69) is 44.8 Å². The van der Waals surface area contributed by atoms with Crippen molar-refractivity contribution in [1.29, 1.82) is 0 Å². The van der Waals surface area contributed by atoms with E-state index in [-0.39, 0.29) is 0 Å². The SMILES string of the molecule is CC(C)N1CCOC(CNCCC(C)(C)C)C1. The lowest BCUT2D eigenvalue weighted by Gasteiger charge is -2.35. The van der Waals surface area contributed by atoms with Gasteiger partial charge in [0, 0.05) is 25.7 Å². The third-order valence-electron chi connectivity index (χ3n) is 3.32. The van der Waals surface area contributed by atoms with E-state index >= 15 is 0 Å². The molecule has 0 bridgehead atoms. The van der Waals surface area contributed by atoms with E-state index in [0.29, 0.717) is 17.6 Å². The summed E-state index contributed by atoms with van der Waals surface area (Å²) >= 11 is 0. The maximum absolute atomic E-state index is 5.79. The monoisotopic (exact) mass is 242 g/mol. The largest absolute Gasteiger partial charge is 0.374 e. The first-order valence-corrected chi connectivity index (χ1v) is 6.95. The van der Waals surface area contributed by atoms with Crippen LogP contribution in [0.2, 0.25) is 0 Å². The number of rotatable bonds is 5. The average molecular weight is 242 g/mol. The lowest BCUT2D eigenvalue weighted by Crippen LogP contribution is -2.49. The predicted octanol–water partition coefficient (Wildman–Crippen LogP) is 2.12. The zero-order valence-electron chi connectivity index (χ0n) is 12.3. The number of nitrogens with zero attached hydrogens (tertiary/aromatic N) is 1. The first-order chi connectivity index (χ1) is 7.88. The van der Waals surface area contributed by atoms with Gasteiger partial charge < -0.3 is 10.1 Å². The van der Waals surface area contributed by atoms with Crippen LogP contribution in [0.3, 0.4) is 0 Å². The fraction of sp³-hybridized carbons (Fsp3) is 1.00. The van der Waals surface area contributed by atoms with Gasteiger partial charge in [-0.05, 0) is 32.2 Å². The van der Waals surface area contributed by atoms with E-state index in [9.17, 15) is 0 Å². The summed E-state index contributed by atoms with van der Waals surface area (Å²) in [5.74, 6) is 0. The number of nitrogens with one attached hydrogen (secondary N) is 1. The van der Waals surface area contributed by atoms with Crippen molar-refractivity contribution in [3.05, 3.63) is 0 Å². The first kappa shape index (κ1) is 14.9. The summed E-state index contributed by atoms with van der Waals surface area (Å²) in [6.45, 7) is 16.5. The van der Waals surface area contributed by atoms with Gasteiger partial charge in [0.2, 0.25) is 0 Å². The minimum Gasteiger partial charge on any atom is -0.374 e. The second kappa shape index (κ2) is 6.72. The smallest absolute Gasteiger partial charge is 0.0826 e. The lowest BCUT2D eigenvalue weighted by molar-refractivity contribution is -0.0372. The van der Waals surface area contributed by atoms with Gasteiger partial charge in [0.25, 0.3) is 0 Å². The third kappa shape index (κ3) is 6.39. The summed E-state index contributed by atoms with van der Waals surface area (Å²) in [5, 5.41) is 3.52. The van der Waals surface area contributed by atoms with Gasteiger partial charge in [-0.2, -0.15) is 0 Å². The van der Waals surface area contributed by atoms with Gasteiger partial charge >= 0.3 is 0 Å². The van der Waals surface area contributed by atoms with Gasteiger partial charge in [0.1, 0.15) is 0 Å². The maximum atomic E-state index is 5.79. The highest BCUT2D eigenvalue weighted by molar-refractivity contribution is 4.76. The van der Waals surface area contributed by atoms with Crippen molar-refractivity contribution in [3.63, 3.8) is 0 Å². The van der Waals surface area contributed by atoms with Crippen LogP contribution in [-0.2, 0) is 4.74 Å². The van der Waals surface area contributed by atoms with E-state index in [0.717, 1.165) is 32.8 Å². The van der Waals surface area contributed by atoms with Crippen LogP contribution in [0.5, 0.6) is 0 Å². The minimum absolute atomic E-state index is 0.367. The molecule has 1 unspecified atom stereocenters. The quantitative estimate of drug-likeness (QED) is 0.747. The molecule has 102 valence electrons. The minimum atomic E-state index is 0.367. The Morgan fingerprint density at radius 1 is 1.35 bits per heavy atom. The Labute approximate surface area is 107 Å². The van der Waals surface area contributed by atoms with Crippen molar-refractivity contribution in [2.45, 2.75) is 53.2 Å². The predicted molar refractivity (Wildman–Crippen MR) is 73.4 cm³/mol. The van der Waals surface area contributed by atoms with Crippen molar-refractivity contribution in [1.82, 2.24) is 10.2 Å². The van der Waals surface area contributed by atoms with Crippen LogP contribution in [0, 0.1) is 5.41 Å². The summed E-state index contributed by atoms with van der Waals surface area (Å²) in [7, 11) is 0. The van der Waals surface area contributed by atoms with E-state index in [4.69, 9.17) is 4.74 Å². The van der Waals surface area contributed by atoms with Crippen LogP contribution >= 0.6 is 0 Å². The summed E-state index contributed by atoms with van der Waals surface area (Å²) in [4.78, 5) is 2.50. The maximum Gasteiger partial charge on any atom is 0.0826 e. The highest BCUT2D eigenvalue weighted by atomic mass is 16.5. The van der Waals surface area contributed by atoms with Crippen LogP contribution in [0.4, 0.5) is 0 Å². The van der Waals surface area contributed by atoms with Crippen LogP contribution in [-0.4, -0.2) is 49.8 Å². The summed E-state index contributed by atoms with van der Waals surface area (Å²) in [6.07, 6.45) is 1.58. The summed E-state index contributed by atoms with van der Waals surface area (Å²) < 4.78 is 5.79. The summed E-state index contributed by atoms with van der Waals surface area (Å²) in [5.41, 5.74) is 0.421. The molecule has 1 aliphatic rings. The molecule has 1 N–H and O–H groups in total. The van der Waals surface area contributed by atoms with Gasteiger partial charge in [-0.1, -0.05) is 20.8 Å². The second-order valence-corrected chi connectivity index (χ2v) is 6.60. The molecule has 3 heteroatoms. The zero-order chi connectivity index (χ0) is 12.9. The molecule has 0 aromatic carbocycles. The van der Waals surface area contributed by atoms with E-state index in [1.807, 2.05) is 0 Å². The van der Waals surface area contributed by atoms with Crippen LogP contribution < -0.4 is 5.32 Å². The molecule has 1 aliphatic heterocycles. The van der Waals surface area contributed by atoms with Crippen molar-refractivity contribution >= 4 is 0 Å². The third-order valence-corrected chi connectivity index (χ3v) is 3.32. The molecular formula is C14H30N2O. The first-order valence-electron chi connectivity index (χ1n) is 6.95. The molecule has 0 aromatic heterocycles. The Kier molecular flexibility index (Phi) is 5.90. The van der Waals surface area contributed by atoms with Crippen LogP contribution in [0.25, 0.3) is 0 Å². The molecule has 17 heavy (non-hydrogen) atoms. The molecule has 1 rings (SSSR count).